The molecule has 0 amide bonds. The molecule has 0 bridgehead atoms. The zero-order valence-electron chi connectivity index (χ0n) is 9.49. The average Bonchev–Trinajstić information content (AvgIpc) is 2.64. The van der Waals surface area contributed by atoms with Gasteiger partial charge >= 0.3 is 5.97 Å². The van der Waals surface area contributed by atoms with Crippen LogP contribution in [0.25, 0.3) is 0 Å². The quantitative estimate of drug-likeness (QED) is 0.560. The van der Waals surface area contributed by atoms with Crippen LogP contribution < -0.4 is 0 Å². The van der Waals surface area contributed by atoms with Crippen LogP contribution in [0.15, 0.2) is 0 Å². The van der Waals surface area contributed by atoms with Crippen LogP contribution in [0, 0.1) is 0 Å². The Labute approximate surface area is 90.6 Å². The van der Waals surface area contributed by atoms with Gasteiger partial charge in [0, 0.05) is 0 Å². The molecule has 1 aliphatic rings. The Bertz CT molecular complexity index is 207. The molecule has 1 aliphatic carbocycles. The van der Waals surface area contributed by atoms with Crippen LogP contribution in [-0.4, -0.2) is 29.6 Å². The maximum atomic E-state index is 11.4. The zero-order valence-corrected chi connectivity index (χ0v) is 9.49. The highest BCUT2D eigenvalue weighted by Crippen LogP contribution is 2.35. The summed E-state index contributed by atoms with van der Waals surface area (Å²) >= 11 is 0. The van der Waals surface area contributed by atoms with E-state index in [1.54, 1.807) is 0 Å². The predicted molar refractivity (Wildman–Crippen MR) is 55.2 cm³/mol. The molecule has 1 atom stereocenters. The first kappa shape index (κ1) is 12.5. The van der Waals surface area contributed by atoms with Gasteiger partial charge in [0.2, 0.25) is 0 Å². The lowest BCUT2D eigenvalue weighted by molar-refractivity contribution is -0.174. The fourth-order valence-electron chi connectivity index (χ4n) is 2.01. The Kier molecular flexibility index (Phi) is 4.54. The zero-order chi connectivity index (χ0) is 11.3. The number of carbonyl (C=O) groups excluding carboxylic acids is 1. The Hall–Kier alpha value is -0.610. The van der Waals surface area contributed by atoms with Crippen molar-refractivity contribution in [3.05, 3.63) is 0 Å². The predicted octanol–water partition coefficient (Wildman–Crippen LogP) is 1.61. The van der Waals surface area contributed by atoms with Crippen LogP contribution in [0.4, 0.5) is 0 Å². The highest BCUT2D eigenvalue weighted by Gasteiger charge is 2.35. The van der Waals surface area contributed by atoms with E-state index in [4.69, 9.17) is 14.6 Å². The summed E-state index contributed by atoms with van der Waals surface area (Å²) in [5.41, 5.74) is -0.265. The van der Waals surface area contributed by atoms with Gasteiger partial charge in [-0.05, 0) is 39.0 Å². The van der Waals surface area contributed by atoms with Crippen molar-refractivity contribution >= 4 is 5.97 Å². The van der Waals surface area contributed by atoms with Gasteiger partial charge < -0.3 is 14.6 Å². The molecular formula is C11H20O4. The standard InChI is InChI=1S/C11H20O4/c1-3-11(6-4-5-7-11)15-10(13)8-14-9(2)12/h9,12H,3-8H2,1-2H3. The van der Waals surface area contributed by atoms with Gasteiger partial charge in [0.1, 0.15) is 12.2 Å². The lowest BCUT2D eigenvalue weighted by atomic mass is 9.99. The van der Waals surface area contributed by atoms with Crippen LogP contribution in [0.2, 0.25) is 0 Å². The average molecular weight is 216 g/mol. The van der Waals surface area contributed by atoms with Gasteiger partial charge in [0.15, 0.2) is 6.29 Å². The lowest BCUT2D eigenvalue weighted by Gasteiger charge is -2.27. The van der Waals surface area contributed by atoms with Crippen molar-refractivity contribution in [1.29, 1.82) is 0 Å². The van der Waals surface area contributed by atoms with Gasteiger partial charge in [-0.25, -0.2) is 4.79 Å². The van der Waals surface area contributed by atoms with Gasteiger partial charge in [0.05, 0.1) is 0 Å². The van der Waals surface area contributed by atoms with Crippen molar-refractivity contribution in [3.63, 3.8) is 0 Å². The van der Waals surface area contributed by atoms with Crippen LogP contribution in [0.5, 0.6) is 0 Å². The van der Waals surface area contributed by atoms with E-state index >= 15 is 0 Å². The minimum atomic E-state index is -0.918. The molecule has 1 saturated carbocycles. The van der Waals surface area contributed by atoms with Gasteiger partial charge in [-0.15, -0.1) is 0 Å². The van der Waals surface area contributed by atoms with Crippen LogP contribution in [0.3, 0.4) is 0 Å². The summed E-state index contributed by atoms with van der Waals surface area (Å²) in [5.74, 6) is -0.375. The maximum Gasteiger partial charge on any atom is 0.332 e. The van der Waals surface area contributed by atoms with E-state index in [0.29, 0.717) is 0 Å². The molecule has 1 fully saturated rings. The molecule has 15 heavy (non-hydrogen) atoms. The molecule has 0 heterocycles. The summed E-state index contributed by atoms with van der Waals surface area (Å²) in [6.45, 7) is 3.34. The first-order valence-corrected chi connectivity index (χ1v) is 5.59. The van der Waals surface area contributed by atoms with E-state index in [0.717, 1.165) is 32.1 Å². The van der Waals surface area contributed by atoms with E-state index in [9.17, 15) is 4.79 Å². The van der Waals surface area contributed by atoms with E-state index in [-0.39, 0.29) is 18.2 Å². The molecule has 0 radical (unpaired) electrons. The number of esters is 1. The van der Waals surface area contributed by atoms with Gasteiger partial charge in [-0.2, -0.15) is 0 Å². The van der Waals surface area contributed by atoms with Crippen molar-refractivity contribution in [2.45, 2.75) is 57.8 Å². The minimum Gasteiger partial charge on any atom is -0.457 e. The number of aliphatic hydroxyl groups is 1. The molecule has 4 heteroatoms. The maximum absolute atomic E-state index is 11.4. The fourth-order valence-corrected chi connectivity index (χ4v) is 2.01. The third-order valence-corrected chi connectivity index (χ3v) is 2.93. The Morgan fingerprint density at radius 2 is 2.07 bits per heavy atom. The van der Waals surface area contributed by atoms with E-state index < -0.39 is 6.29 Å². The van der Waals surface area contributed by atoms with E-state index in [2.05, 4.69) is 0 Å². The van der Waals surface area contributed by atoms with Crippen molar-refractivity contribution in [1.82, 2.24) is 0 Å². The van der Waals surface area contributed by atoms with Gasteiger partial charge in [-0.3, -0.25) is 0 Å². The van der Waals surface area contributed by atoms with E-state index in [1.807, 2.05) is 6.92 Å². The second-order valence-corrected chi connectivity index (χ2v) is 4.13. The van der Waals surface area contributed by atoms with Gasteiger partial charge in [-0.1, -0.05) is 6.92 Å². The summed E-state index contributed by atoms with van der Waals surface area (Å²) in [6.07, 6.45) is 4.08. The minimum absolute atomic E-state index is 0.167. The summed E-state index contributed by atoms with van der Waals surface area (Å²) in [4.78, 5) is 11.4. The van der Waals surface area contributed by atoms with Crippen molar-refractivity contribution in [2.75, 3.05) is 6.61 Å². The second-order valence-electron chi connectivity index (χ2n) is 4.13. The number of ether oxygens (including phenoxy) is 2. The topological polar surface area (TPSA) is 55.8 Å². The van der Waals surface area contributed by atoms with Crippen molar-refractivity contribution in [3.8, 4) is 0 Å². The molecule has 1 N–H and O–H groups in total. The molecule has 1 unspecified atom stereocenters. The molecule has 0 spiro atoms. The SMILES string of the molecule is CCC1(OC(=O)COC(C)O)CCCC1. The molecule has 0 saturated heterocycles. The van der Waals surface area contributed by atoms with Crippen molar-refractivity contribution in [2.24, 2.45) is 0 Å². The largest absolute Gasteiger partial charge is 0.457 e. The number of hydrogen-bond donors (Lipinski definition) is 1. The molecule has 1 rings (SSSR count). The highest BCUT2D eigenvalue weighted by molar-refractivity contribution is 5.71. The first-order valence-electron chi connectivity index (χ1n) is 5.59. The van der Waals surface area contributed by atoms with Crippen LogP contribution >= 0.6 is 0 Å². The Morgan fingerprint density at radius 1 is 1.47 bits per heavy atom. The van der Waals surface area contributed by atoms with E-state index in [1.165, 1.54) is 6.92 Å². The van der Waals surface area contributed by atoms with Crippen LogP contribution in [-0.2, 0) is 14.3 Å². The second kappa shape index (κ2) is 5.47. The molecule has 0 aromatic carbocycles. The van der Waals surface area contributed by atoms with Crippen LogP contribution in [0.1, 0.15) is 46.0 Å². The molecule has 88 valence electrons. The Morgan fingerprint density at radius 3 is 2.53 bits per heavy atom. The number of rotatable bonds is 5. The normalized spacial score (nSPS) is 21.3. The number of carbonyl (C=O) groups is 1. The van der Waals surface area contributed by atoms with Crippen molar-refractivity contribution < 1.29 is 19.4 Å². The molecular weight excluding hydrogens is 196 g/mol. The summed E-state index contributed by atoms with van der Waals surface area (Å²) in [7, 11) is 0. The number of hydrogen-bond acceptors (Lipinski definition) is 4. The van der Waals surface area contributed by atoms with Gasteiger partial charge in [0.25, 0.3) is 0 Å². The molecule has 0 aliphatic heterocycles. The monoisotopic (exact) mass is 216 g/mol. The smallest absolute Gasteiger partial charge is 0.332 e. The molecule has 4 nitrogen and oxygen atoms in total. The summed E-state index contributed by atoms with van der Waals surface area (Å²) < 4.78 is 10.2. The highest BCUT2D eigenvalue weighted by atomic mass is 16.6. The third kappa shape index (κ3) is 3.80. The fraction of sp³-hybridized carbons (Fsp3) is 0.909. The lowest BCUT2D eigenvalue weighted by Crippen LogP contribution is -2.33. The first-order chi connectivity index (χ1) is 7.08. The number of aliphatic hydroxyl groups excluding tert-OH is 1. The summed E-state index contributed by atoms with van der Waals surface area (Å²) in [6, 6.07) is 0. The third-order valence-electron chi connectivity index (χ3n) is 2.93. The summed E-state index contributed by atoms with van der Waals surface area (Å²) in [5, 5.41) is 8.85. The molecule has 0 aromatic rings. The Balaban J connectivity index is 2.35. The molecule has 0 aromatic heterocycles.